The predicted octanol–water partition coefficient (Wildman–Crippen LogP) is 2.83. The molecule has 0 bridgehead atoms. The average Bonchev–Trinajstić information content (AvgIpc) is 2.32. The Hall–Kier alpha value is -2.08. The number of nitrogens with one attached hydrogen (secondary N) is 1. The molecular weight excluding hydrogens is 279 g/mol. The highest BCUT2D eigenvalue weighted by Crippen LogP contribution is 2.24. The van der Waals surface area contributed by atoms with E-state index in [0.29, 0.717) is 5.56 Å². The van der Waals surface area contributed by atoms with Crippen molar-refractivity contribution in [2.24, 2.45) is 0 Å². The van der Waals surface area contributed by atoms with Gasteiger partial charge in [0.25, 0.3) is 10.0 Å². The van der Waals surface area contributed by atoms with E-state index in [-0.39, 0.29) is 16.3 Å². The molecule has 2 aromatic carbocycles. The fraction of sp³-hybridized carbons (Fsp3) is 0.143. The van der Waals surface area contributed by atoms with E-state index >= 15 is 0 Å². The highest BCUT2D eigenvalue weighted by atomic mass is 32.2. The first-order valence-corrected chi connectivity index (χ1v) is 7.43. The third-order valence-corrected chi connectivity index (χ3v) is 4.40. The zero-order chi connectivity index (χ0) is 14.9. The number of halogens is 1. The second-order valence-corrected chi connectivity index (χ2v) is 6.26. The van der Waals surface area contributed by atoms with E-state index in [1.807, 2.05) is 6.92 Å². The zero-order valence-corrected chi connectivity index (χ0v) is 12.0. The minimum absolute atomic E-state index is 0.0401. The molecule has 0 spiro atoms. The van der Waals surface area contributed by atoms with Crippen LogP contribution >= 0.6 is 0 Å². The third-order valence-electron chi connectivity index (χ3n) is 2.88. The quantitative estimate of drug-likeness (QED) is 0.855. The van der Waals surface area contributed by atoms with Crippen molar-refractivity contribution in [3.8, 4) is 0 Å². The van der Waals surface area contributed by atoms with Crippen molar-refractivity contribution >= 4 is 21.4 Å². The molecule has 0 aliphatic heterocycles. The number of aryl methyl sites for hydroxylation is 2. The van der Waals surface area contributed by atoms with Crippen LogP contribution in [-0.2, 0) is 10.0 Å². The summed E-state index contributed by atoms with van der Waals surface area (Å²) in [6, 6.07) is 8.55. The van der Waals surface area contributed by atoms with Gasteiger partial charge in [-0.15, -0.1) is 0 Å². The van der Waals surface area contributed by atoms with E-state index in [0.717, 1.165) is 17.7 Å². The number of hydrogen-bond acceptors (Lipinski definition) is 3. The summed E-state index contributed by atoms with van der Waals surface area (Å²) < 4.78 is 39.9. The normalized spacial score (nSPS) is 11.3. The van der Waals surface area contributed by atoms with Gasteiger partial charge < -0.3 is 5.73 Å². The Balaban J connectivity index is 2.41. The van der Waals surface area contributed by atoms with Gasteiger partial charge >= 0.3 is 0 Å². The highest BCUT2D eigenvalue weighted by molar-refractivity contribution is 7.92. The largest absolute Gasteiger partial charge is 0.397 e. The maximum atomic E-state index is 13.0. The number of rotatable bonds is 3. The molecule has 0 radical (unpaired) electrons. The van der Waals surface area contributed by atoms with Crippen molar-refractivity contribution < 1.29 is 12.8 Å². The van der Waals surface area contributed by atoms with Crippen LogP contribution in [0.3, 0.4) is 0 Å². The van der Waals surface area contributed by atoms with Crippen LogP contribution in [0.2, 0.25) is 0 Å². The molecule has 2 rings (SSSR count). The van der Waals surface area contributed by atoms with Gasteiger partial charge in [-0.05, 0) is 43.7 Å². The smallest absolute Gasteiger partial charge is 0.262 e. The van der Waals surface area contributed by atoms with Crippen molar-refractivity contribution in [3.05, 3.63) is 53.3 Å². The fourth-order valence-corrected chi connectivity index (χ4v) is 3.24. The minimum atomic E-state index is -3.75. The Kier molecular flexibility index (Phi) is 3.67. The van der Waals surface area contributed by atoms with Crippen LogP contribution in [0, 0.1) is 19.7 Å². The first-order chi connectivity index (χ1) is 9.29. The van der Waals surface area contributed by atoms with E-state index in [9.17, 15) is 12.8 Å². The molecule has 0 aliphatic carbocycles. The lowest BCUT2D eigenvalue weighted by atomic mass is 10.2. The molecule has 0 saturated carbocycles. The number of nitrogen functional groups attached to an aromatic ring is 1. The fourth-order valence-electron chi connectivity index (χ4n) is 1.93. The maximum absolute atomic E-state index is 13.0. The molecule has 0 heterocycles. The molecule has 106 valence electrons. The van der Waals surface area contributed by atoms with E-state index in [1.165, 1.54) is 12.1 Å². The second kappa shape index (κ2) is 5.13. The Bertz CT molecular complexity index is 758. The molecule has 2 aromatic rings. The lowest BCUT2D eigenvalue weighted by Crippen LogP contribution is -2.15. The van der Waals surface area contributed by atoms with Crippen LogP contribution in [0.1, 0.15) is 11.1 Å². The molecule has 20 heavy (non-hydrogen) atoms. The van der Waals surface area contributed by atoms with Crippen molar-refractivity contribution in [1.29, 1.82) is 0 Å². The van der Waals surface area contributed by atoms with Gasteiger partial charge in [-0.25, -0.2) is 12.8 Å². The molecule has 0 fully saturated rings. The van der Waals surface area contributed by atoms with Gasteiger partial charge in [-0.1, -0.05) is 17.7 Å². The van der Waals surface area contributed by atoms with E-state index < -0.39 is 15.8 Å². The second-order valence-electron chi connectivity index (χ2n) is 4.61. The molecule has 0 amide bonds. The number of anilines is 2. The topological polar surface area (TPSA) is 72.2 Å². The summed E-state index contributed by atoms with van der Waals surface area (Å²) in [5.74, 6) is -0.517. The van der Waals surface area contributed by atoms with Gasteiger partial charge in [-0.2, -0.15) is 0 Å². The molecule has 0 aromatic heterocycles. The van der Waals surface area contributed by atoms with Gasteiger partial charge in [0.1, 0.15) is 5.82 Å². The summed E-state index contributed by atoms with van der Waals surface area (Å²) in [5, 5.41) is 0. The first-order valence-electron chi connectivity index (χ1n) is 5.95. The molecule has 0 saturated heterocycles. The monoisotopic (exact) mass is 294 g/mol. The molecular formula is C14H15FN2O2S. The number of nitrogens with two attached hydrogens (primary N) is 1. The van der Waals surface area contributed by atoms with Gasteiger partial charge in [0, 0.05) is 0 Å². The average molecular weight is 294 g/mol. The Morgan fingerprint density at radius 3 is 2.40 bits per heavy atom. The zero-order valence-electron chi connectivity index (χ0n) is 11.1. The van der Waals surface area contributed by atoms with Gasteiger partial charge in [0.15, 0.2) is 0 Å². The minimum Gasteiger partial charge on any atom is -0.397 e. The third kappa shape index (κ3) is 2.91. The molecule has 0 aliphatic rings. The van der Waals surface area contributed by atoms with Crippen molar-refractivity contribution in [3.63, 3.8) is 0 Å². The van der Waals surface area contributed by atoms with Gasteiger partial charge in [0.2, 0.25) is 0 Å². The summed E-state index contributed by atoms with van der Waals surface area (Å²) in [6.45, 7) is 3.60. The van der Waals surface area contributed by atoms with E-state index in [1.54, 1.807) is 19.1 Å². The molecule has 3 N–H and O–H groups in total. The van der Waals surface area contributed by atoms with E-state index in [2.05, 4.69) is 4.72 Å². The van der Waals surface area contributed by atoms with Crippen LogP contribution in [0.15, 0.2) is 41.3 Å². The van der Waals surface area contributed by atoms with Gasteiger partial charge in [-0.3, -0.25) is 4.72 Å². The lowest BCUT2D eigenvalue weighted by molar-refractivity contribution is 0.600. The van der Waals surface area contributed by atoms with Crippen molar-refractivity contribution in [1.82, 2.24) is 0 Å². The van der Waals surface area contributed by atoms with Crippen LogP contribution in [0.5, 0.6) is 0 Å². The molecule has 0 atom stereocenters. The van der Waals surface area contributed by atoms with Gasteiger partial charge in [0.05, 0.1) is 16.3 Å². The summed E-state index contributed by atoms with van der Waals surface area (Å²) in [4.78, 5) is 0.173. The molecule has 0 unspecified atom stereocenters. The Morgan fingerprint density at radius 1 is 1.10 bits per heavy atom. The Morgan fingerprint density at radius 2 is 1.80 bits per heavy atom. The van der Waals surface area contributed by atoms with Crippen molar-refractivity contribution in [2.45, 2.75) is 18.7 Å². The van der Waals surface area contributed by atoms with Crippen LogP contribution < -0.4 is 10.5 Å². The van der Waals surface area contributed by atoms with Crippen LogP contribution in [0.4, 0.5) is 15.8 Å². The SMILES string of the molecule is Cc1ccc(S(=O)(=O)Nc2ccc(F)cc2N)c(C)c1. The molecule has 6 heteroatoms. The number of benzene rings is 2. The summed E-state index contributed by atoms with van der Waals surface area (Å²) >= 11 is 0. The van der Waals surface area contributed by atoms with Crippen LogP contribution in [-0.4, -0.2) is 8.42 Å². The Labute approximate surface area is 117 Å². The summed E-state index contributed by atoms with van der Waals surface area (Å²) in [7, 11) is -3.75. The van der Waals surface area contributed by atoms with Crippen molar-refractivity contribution in [2.75, 3.05) is 10.5 Å². The summed E-state index contributed by atoms with van der Waals surface area (Å²) in [6.07, 6.45) is 0. The lowest BCUT2D eigenvalue weighted by Gasteiger charge is -2.12. The van der Waals surface area contributed by atoms with Crippen LogP contribution in [0.25, 0.3) is 0 Å². The number of hydrogen-bond donors (Lipinski definition) is 2. The standard InChI is InChI=1S/C14H15FN2O2S/c1-9-3-6-14(10(2)7-9)20(18,19)17-13-5-4-11(15)8-12(13)16/h3-8,17H,16H2,1-2H3. The summed E-state index contributed by atoms with van der Waals surface area (Å²) in [5.41, 5.74) is 7.41. The van der Waals surface area contributed by atoms with E-state index in [4.69, 9.17) is 5.73 Å². The maximum Gasteiger partial charge on any atom is 0.262 e. The first kappa shape index (κ1) is 14.3. The highest BCUT2D eigenvalue weighted by Gasteiger charge is 2.18. The predicted molar refractivity (Wildman–Crippen MR) is 77.5 cm³/mol. The molecule has 4 nitrogen and oxygen atoms in total. The number of sulfonamides is 1.